The highest BCUT2D eigenvalue weighted by atomic mass is 32.2. The predicted molar refractivity (Wildman–Crippen MR) is 115 cm³/mol. The van der Waals surface area contributed by atoms with E-state index >= 15 is 0 Å². The summed E-state index contributed by atoms with van der Waals surface area (Å²) in [4.78, 5) is 13.0. The summed E-state index contributed by atoms with van der Waals surface area (Å²) >= 11 is 0. The van der Waals surface area contributed by atoms with Crippen LogP contribution in [0.3, 0.4) is 0 Å². The van der Waals surface area contributed by atoms with E-state index < -0.39 is 10.0 Å². The van der Waals surface area contributed by atoms with Gasteiger partial charge in [0.05, 0.1) is 10.4 Å². The molecule has 0 spiro atoms. The highest BCUT2D eigenvalue weighted by molar-refractivity contribution is 7.89. The van der Waals surface area contributed by atoms with Crippen molar-refractivity contribution < 1.29 is 13.2 Å². The van der Waals surface area contributed by atoms with Crippen LogP contribution in [0.15, 0.2) is 41.3 Å². The highest BCUT2D eigenvalue weighted by Gasteiger charge is 2.26. The number of aryl methyl sites for hydroxylation is 2. The number of nitrogens with zero attached hydrogens (tertiary/aromatic N) is 4. The summed E-state index contributed by atoms with van der Waals surface area (Å²) in [5.41, 5.74) is 3.21. The zero-order chi connectivity index (χ0) is 21.3. The lowest BCUT2D eigenvalue weighted by Crippen LogP contribution is -2.35. The molecule has 1 N–H and O–H groups in total. The number of carbonyl (C=O) groups is 1. The Kier molecular flexibility index (Phi) is 5.57. The van der Waals surface area contributed by atoms with Gasteiger partial charge in [0.15, 0.2) is 0 Å². The van der Waals surface area contributed by atoms with Gasteiger partial charge in [-0.3, -0.25) is 4.79 Å². The molecule has 0 unspecified atom stereocenters. The van der Waals surface area contributed by atoms with Gasteiger partial charge in [-0.2, -0.15) is 4.31 Å². The second-order valence-corrected chi connectivity index (χ2v) is 9.44. The minimum absolute atomic E-state index is 0.201. The first-order valence-corrected chi connectivity index (χ1v) is 11.6. The van der Waals surface area contributed by atoms with Gasteiger partial charge < -0.3 is 5.32 Å². The van der Waals surface area contributed by atoms with Crippen molar-refractivity contribution in [1.29, 1.82) is 0 Å². The average Bonchev–Trinajstić information content (AvgIpc) is 3.18. The molecule has 8 nitrogen and oxygen atoms in total. The Morgan fingerprint density at radius 2 is 1.87 bits per heavy atom. The van der Waals surface area contributed by atoms with Gasteiger partial charge in [-0.15, -0.1) is 5.10 Å². The second kappa shape index (κ2) is 8.16. The van der Waals surface area contributed by atoms with Gasteiger partial charge in [-0.05, 0) is 62.6 Å². The van der Waals surface area contributed by atoms with Crippen LogP contribution in [0.4, 0.5) is 5.69 Å². The van der Waals surface area contributed by atoms with E-state index in [4.69, 9.17) is 0 Å². The summed E-state index contributed by atoms with van der Waals surface area (Å²) in [6.07, 6.45) is 2.80. The molecule has 1 fully saturated rings. The Bertz CT molecular complexity index is 1200. The molecule has 0 saturated carbocycles. The predicted octanol–water partition coefficient (Wildman–Crippen LogP) is 3.19. The van der Waals surface area contributed by atoms with Crippen LogP contribution in [-0.2, 0) is 16.6 Å². The summed E-state index contributed by atoms with van der Waals surface area (Å²) < 4.78 is 29.2. The minimum atomic E-state index is -3.57. The fourth-order valence-electron chi connectivity index (χ4n) is 3.69. The van der Waals surface area contributed by atoms with Gasteiger partial charge in [-0.1, -0.05) is 17.7 Å². The quantitative estimate of drug-likeness (QED) is 0.674. The Hall–Kier alpha value is -2.78. The largest absolute Gasteiger partial charge is 0.322 e. The van der Waals surface area contributed by atoms with Crippen LogP contribution < -0.4 is 5.32 Å². The van der Waals surface area contributed by atoms with E-state index in [0.29, 0.717) is 36.4 Å². The average molecular weight is 428 g/mol. The van der Waals surface area contributed by atoms with E-state index in [-0.39, 0.29) is 10.8 Å². The number of aromatic nitrogens is 3. The number of piperidine rings is 1. The molecule has 1 aromatic heterocycles. The Morgan fingerprint density at radius 3 is 2.60 bits per heavy atom. The van der Waals surface area contributed by atoms with Crippen molar-refractivity contribution in [2.75, 3.05) is 18.4 Å². The first kappa shape index (κ1) is 20.5. The normalized spacial score (nSPS) is 15.4. The van der Waals surface area contributed by atoms with Crippen molar-refractivity contribution in [2.45, 2.75) is 44.6 Å². The molecule has 2 aromatic carbocycles. The molecule has 1 saturated heterocycles. The lowest BCUT2D eigenvalue weighted by molar-refractivity contribution is 0.102. The van der Waals surface area contributed by atoms with Crippen LogP contribution in [0.2, 0.25) is 0 Å². The zero-order valence-corrected chi connectivity index (χ0v) is 17.9. The Morgan fingerprint density at radius 1 is 1.10 bits per heavy atom. The third-order valence-electron chi connectivity index (χ3n) is 5.49. The Balaban J connectivity index is 1.60. The van der Waals surface area contributed by atoms with Crippen LogP contribution in [0.25, 0.3) is 11.0 Å². The SMILES string of the molecule is CCn1nnc2cc(C(=O)Nc3cc(S(=O)(=O)N4CCCCC4)ccc3C)ccc21. The lowest BCUT2D eigenvalue weighted by Gasteiger charge is -2.26. The minimum Gasteiger partial charge on any atom is -0.322 e. The maximum atomic E-state index is 13.0. The van der Waals surface area contributed by atoms with Crippen LogP contribution >= 0.6 is 0 Å². The van der Waals surface area contributed by atoms with Gasteiger partial charge in [0, 0.05) is 30.9 Å². The molecule has 4 rings (SSSR count). The van der Waals surface area contributed by atoms with Crippen LogP contribution in [0.1, 0.15) is 42.1 Å². The molecule has 0 atom stereocenters. The van der Waals surface area contributed by atoms with Crippen molar-refractivity contribution in [3.05, 3.63) is 47.5 Å². The van der Waals surface area contributed by atoms with E-state index in [1.165, 1.54) is 4.31 Å². The number of benzene rings is 2. The molecule has 0 bridgehead atoms. The van der Waals surface area contributed by atoms with E-state index in [2.05, 4.69) is 15.6 Å². The molecule has 30 heavy (non-hydrogen) atoms. The van der Waals surface area contributed by atoms with Crippen molar-refractivity contribution in [3.63, 3.8) is 0 Å². The number of anilines is 1. The molecule has 3 aromatic rings. The smallest absolute Gasteiger partial charge is 0.255 e. The van der Waals surface area contributed by atoms with E-state index in [0.717, 1.165) is 30.3 Å². The lowest BCUT2D eigenvalue weighted by atomic mass is 10.1. The molecule has 9 heteroatoms. The number of rotatable bonds is 5. The summed E-state index contributed by atoms with van der Waals surface area (Å²) in [7, 11) is -3.57. The number of nitrogens with one attached hydrogen (secondary N) is 1. The summed E-state index contributed by atoms with van der Waals surface area (Å²) in [6.45, 7) is 5.58. The first-order chi connectivity index (χ1) is 14.4. The first-order valence-electron chi connectivity index (χ1n) is 10.2. The van der Waals surface area contributed by atoms with Gasteiger partial charge >= 0.3 is 0 Å². The van der Waals surface area contributed by atoms with Gasteiger partial charge in [-0.25, -0.2) is 13.1 Å². The molecular formula is C21H25N5O3S. The number of carbonyl (C=O) groups excluding carboxylic acids is 1. The van der Waals surface area contributed by atoms with E-state index in [1.54, 1.807) is 35.0 Å². The van der Waals surface area contributed by atoms with Gasteiger partial charge in [0.2, 0.25) is 10.0 Å². The number of fused-ring (bicyclic) bond motifs is 1. The van der Waals surface area contributed by atoms with Crippen LogP contribution in [0.5, 0.6) is 0 Å². The summed E-state index contributed by atoms with van der Waals surface area (Å²) in [6, 6.07) is 10.1. The number of hydrogen-bond acceptors (Lipinski definition) is 5. The fraction of sp³-hybridized carbons (Fsp3) is 0.381. The maximum absolute atomic E-state index is 13.0. The second-order valence-electron chi connectivity index (χ2n) is 7.50. The van der Waals surface area contributed by atoms with Crippen molar-refractivity contribution in [1.82, 2.24) is 19.3 Å². The fourth-order valence-corrected chi connectivity index (χ4v) is 5.24. The third kappa shape index (κ3) is 3.82. The molecule has 0 aliphatic carbocycles. The van der Waals surface area contributed by atoms with Crippen LogP contribution in [0, 0.1) is 6.92 Å². The molecule has 0 radical (unpaired) electrons. The number of amides is 1. The van der Waals surface area contributed by atoms with E-state index in [1.807, 2.05) is 19.9 Å². The van der Waals surface area contributed by atoms with Crippen molar-refractivity contribution in [3.8, 4) is 0 Å². The van der Waals surface area contributed by atoms with Crippen LogP contribution in [-0.4, -0.2) is 46.7 Å². The standard InChI is InChI=1S/C21H25N5O3S/c1-3-26-20-10-8-16(13-19(20)23-24-26)21(27)22-18-14-17(9-7-15(18)2)30(28,29)25-11-5-4-6-12-25/h7-10,13-14H,3-6,11-12H2,1-2H3,(H,22,27). The number of hydrogen-bond donors (Lipinski definition) is 1. The zero-order valence-electron chi connectivity index (χ0n) is 17.1. The van der Waals surface area contributed by atoms with Crippen molar-refractivity contribution in [2.24, 2.45) is 0 Å². The maximum Gasteiger partial charge on any atom is 0.255 e. The number of sulfonamides is 1. The van der Waals surface area contributed by atoms with Crippen molar-refractivity contribution >= 4 is 32.7 Å². The third-order valence-corrected chi connectivity index (χ3v) is 7.38. The monoisotopic (exact) mass is 427 g/mol. The topological polar surface area (TPSA) is 97.2 Å². The highest BCUT2D eigenvalue weighted by Crippen LogP contribution is 2.26. The van der Waals surface area contributed by atoms with Gasteiger partial charge in [0.1, 0.15) is 5.52 Å². The van der Waals surface area contributed by atoms with Gasteiger partial charge in [0.25, 0.3) is 5.91 Å². The molecule has 1 aliphatic rings. The molecule has 2 heterocycles. The molecule has 1 amide bonds. The molecular weight excluding hydrogens is 402 g/mol. The Labute approximate surface area is 175 Å². The molecule has 1 aliphatic heterocycles. The summed E-state index contributed by atoms with van der Waals surface area (Å²) in [5.74, 6) is -0.321. The summed E-state index contributed by atoms with van der Waals surface area (Å²) in [5, 5.41) is 11.0. The molecule has 158 valence electrons. The van der Waals surface area contributed by atoms with E-state index in [9.17, 15) is 13.2 Å².